The summed E-state index contributed by atoms with van der Waals surface area (Å²) in [5.41, 5.74) is 8.56. The van der Waals surface area contributed by atoms with Crippen LogP contribution in [0.5, 0.6) is 11.5 Å². The Morgan fingerprint density at radius 1 is 1.24 bits per heavy atom. The van der Waals surface area contributed by atoms with Crippen LogP contribution in [0.15, 0.2) is 36.4 Å². The Kier molecular flexibility index (Phi) is 4.52. The van der Waals surface area contributed by atoms with Gasteiger partial charge in [-0.2, -0.15) is 5.26 Å². The predicted octanol–water partition coefficient (Wildman–Crippen LogP) is 3.29. The van der Waals surface area contributed by atoms with Crippen LogP contribution in [-0.4, -0.2) is 13.7 Å². The van der Waals surface area contributed by atoms with Gasteiger partial charge in [0.25, 0.3) is 0 Å². The van der Waals surface area contributed by atoms with Gasteiger partial charge in [0, 0.05) is 29.6 Å². The molecule has 0 spiro atoms. The molecule has 2 rings (SSSR count). The average Bonchev–Trinajstić information content (AvgIpc) is 2.47. The molecule has 0 aliphatic rings. The van der Waals surface area contributed by atoms with Gasteiger partial charge < -0.3 is 20.5 Å². The first-order valence-corrected chi connectivity index (χ1v) is 6.54. The molecule has 0 unspecified atom stereocenters. The number of methoxy groups -OCH3 is 1. The second-order valence-corrected chi connectivity index (χ2v) is 4.38. The van der Waals surface area contributed by atoms with Crippen LogP contribution in [0.1, 0.15) is 12.5 Å². The number of anilines is 3. The zero-order valence-corrected chi connectivity index (χ0v) is 12.0. The van der Waals surface area contributed by atoms with Crippen molar-refractivity contribution in [2.45, 2.75) is 6.92 Å². The molecular weight excluding hydrogens is 266 g/mol. The number of benzene rings is 2. The highest BCUT2D eigenvalue weighted by molar-refractivity contribution is 5.71. The second kappa shape index (κ2) is 6.53. The molecule has 108 valence electrons. The Morgan fingerprint density at radius 3 is 2.71 bits per heavy atom. The first kappa shape index (κ1) is 14.5. The largest absolute Gasteiger partial charge is 0.495 e. The Labute approximate surface area is 123 Å². The molecule has 5 heteroatoms. The molecule has 0 heterocycles. The van der Waals surface area contributed by atoms with Gasteiger partial charge in [-0.1, -0.05) is 0 Å². The fraction of sp³-hybridized carbons (Fsp3) is 0.188. The highest BCUT2D eigenvalue weighted by atomic mass is 16.5. The fourth-order valence-corrected chi connectivity index (χ4v) is 1.96. The molecule has 0 aliphatic carbocycles. The maximum atomic E-state index is 8.91. The molecule has 2 aromatic carbocycles. The van der Waals surface area contributed by atoms with E-state index in [1.807, 2.05) is 13.0 Å². The van der Waals surface area contributed by atoms with Crippen molar-refractivity contribution in [3.8, 4) is 17.6 Å². The molecule has 0 aliphatic heterocycles. The normalized spacial score (nSPS) is 9.76. The summed E-state index contributed by atoms with van der Waals surface area (Å²) in [6.07, 6.45) is 0. The van der Waals surface area contributed by atoms with E-state index in [0.717, 1.165) is 11.4 Å². The third kappa shape index (κ3) is 3.57. The van der Waals surface area contributed by atoms with Crippen molar-refractivity contribution in [3.05, 3.63) is 42.0 Å². The summed E-state index contributed by atoms with van der Waals surface area (Å²) < 4.78 is 10.8. The maximum Gasteiger partial charge on any atom is 0.143 e. The number of nitrogens with one attached hydrogen (secondary N) is 1. The maximum absolute atomic E-state index is 8.91. The fourth-order valence-electron chi connectivity index (χ4n) is 1.96. The number of nitriles is 1. The van der Waals surface area contributed by atoms with Gasteiger partial charge >= 0.3 is 0 Å². The number of nitrogens with two attached hydrogens (primary N) is 1. The van der Waals surface area contributed by atoms with Gasteiger partial charge in [0.1, 0.15) is 11.5 Å². The van der Waals surface area contributed by atoms with Crippen LogP contribution < -0.4 is 20.5 Å². The van der Waals surface area contributed by atoms with Crippen LogP contribution in [0.25, 0.3) is 0 Å². The highest BCUT2D eigenvalue weighted by Gasteiger charge is 2.06. The van der Waals surface area contributed by atoms with Crippen LogP contribution in [-0.2, 0) is 0 Å². The SMILES string of the molecule is CCOc1cc(N)cc(Nc2ccc(C#N)cc2OC)c1. The minimum atomic E-state index is 0.542. The first-order chi connectivity index (χ1) is 10.2. The van der Waals surface area contributed by atoms with E-state index in [1.54, 1.807) is 37.4 Å². The Morgan fingerprint density at radius 2 is 2.05 bits per heavy atom. The van der Waals surface area contributed by atoms with Crippen LogP contribution in [0.3, 0.4) is 0 Å². The highest BCUT2D eigenvalue weighted by Crippen LogP contribution is 2.31. The summed E-state index contributed by atoms with van der Waals surface area (Å²) in [7, 11) is 1.56. The molecule has 21 heavy (non-hydrogen) atoms. The van der Waals surface area contributed by atoms with Crippen molar-refractivity contribution in [3.63, 3.8) is 0 Å². The molecule has 0 saturated carbocycles. The summed E-state index contributed by atoms with van der Waals surface area (Å²) in [4.78, 5) is 0. The summed E-state index contributed by atoms with van der Waals surface area (Å²) in [6.45, 7) is 2.49. The van der Waals surface area contributed by atoms with Crippen molar-refractivity contribution in [2.24, 2.45) is 0 Å². The lowest BCUT2D eigenvalue weighted by atomic mass is 10.2. The molecule has 0 aromatic heterocycles. The molecule has 0 amide bonds. The lowest BCUT2D eigenvalue weighted by Crippen LogP contribution is -1.98. The summed E-state index contributed by atoms with van der Waals surface area (Å²) in [5, 5.41) is 12.1. The minimum Gasteiger partial charge on any atom is -0.495 e. The van der Waals surface area contributed by atoms with E-state index in [9.17, 15) is 0 Å². The van der Waals surface area contributed by atoms with E-state index in [4.69, 9.17) is 20.5 Å². The number of rotatable bonds is 5. The summed E-state index contributed by atoms with van der Waals surface area (Å²) >= 11 is 0. The number of hydrogen-bond acceptors (Lipinski definition) is 5. The van der Waals surface area contributed by atoms with Crippen LogP contribution in [0.4, 0.5) is 17.1 Å². The molecule has 0 fully saturated rings. The third-order valence-electron chi connectivity index (χ3n) is 2.85. The van der Waals surface area contributed by atoms with E-state index >= 15 is 0 Å². The predicted molar refractivity (Wildman–Crippen MR) is 83.0 cm³/mol. The van der Waals surface area contributed by atoms with E-state index in [0.29, 0.717) is 29.4 Å². The summed E-state index contributed by atoms with van der Waals surface area (Å²) in [6, 6.07) is 12.7. The van der Waals surface area contributed by atoms with Crippen LogP contribution in [0.2, 0.25) is 0 Å². The quantitative estimate of drug-likeness (QED) is 0.823. The molecule has 0 bridgehead atoms. The van der Waals surface area contributed by atoms with E-state index in [-0.39, 0.29) is 0 Å². The lowest BCUT2D eigenvalue weighted by Gasteiger charge is -2.13. The van der Waals surface area contributed by atoms with Gasteiger partial charge in [-0.05, 0) is 25.1 Å². The molecule has 5 nitrogen and oxygen atoms in total. The van der Waals surface area contributed by atoms with Gasteiger partial charge in [-0.15, -0.1) is 0 Å². The minimum absolute atomic E-state index is 0.542. The van der Waals surface area contributed by atoms with Crippen molar-refractivity contribution < 1.29 is 9.47 Å². The Bertz CT molecular complexity index is 678. The molecule has 0 radical (unpaired) electrons. The van der Waals surface area contributed by atoms with Gasteiger partial charge in [-0.25, -0.2) is 0 Å². The van der Waals surface area contributed by atoms with E-state index in [1.165, 1.54) is 0 Å². The summed E-state index contributed by atoms with van der Waals surface area (Å²) in [5.74, 6) is 1.29. The van der Waals surface area contributed by atoms with Gasteiger partial charge in [0.2, 0.25) is 0 Å². The molecule has 3 N–H and O–H groups in total. The van der Waals surface area contributed by atoms with Crippen molar-refractivity contribution in [2.75, 3.05) is 24.8 Å². The smallest absolute Gasteiger partial charge is 0.143 e. The Balaban J connectivity index is 2.31. The molecule has 0 saturated heterocycles. The number of nitrogen functional groups attached to an aromatic ring is 1. The van der Waals surface area contributed by atoms with E-state index < -0.39 is 0 Å². The number of nitrogens with zero attached hydrogens (tertiary/aromatic N) is 1. The standard InChI is InChI=1S/C16H17N3O2/c1-3-21-14-8-12(18)7-13(9-14)19-15-5-4-11(10-17)6-16(15)20-2/h4-9,19H,3,18H2,1-2H3. The Hall–Kier alpha value is -2.87. The van der Waals surface area contributed by atoms with E-state index in [2.05, 4.69) is 11.4 Å². The molecule has 2 aromatic rings. The van der Waals surface area contributed by atoms with Gasteiger partial charge in [-0.3, -0.25) is 0 Å². The van der Waals surface area contributed by atoms with Crippen LogP contribution >= 0.6 is 0 Å². The average molecular weight is 283 g/mol. The van der Waals surface area contributed by atoms with Crippen molar-refractivity contribution in [1.29, 1.82) is 5.26 Å². The zero-order chi connectivity index (χ0) is 15.2. The van der Waals surface area contributed by atoms with Crippen LogP contribution in [0, 0.1) is 11.3 Å². The van der Waals surface area contributed by atoms with Gasteiger partial charge in [0.05, 0.1) is 31.0 Å². The molecular formula is C16H17N3O2. The van der Waals surface area contributed by atoms with Gasteiger partial charge in [0.15, 0.2) is 0 Å². The van der Waals surface area contributed by atoms with Crippen molar-refractivity contribution >= 4 is 17.1 Å². The number of hydrogen-bond donors (Lipinski definition) is 2. The second-order valence-electron chi connectivity index (χ2n) is 4.38. The third-order valence-corrected chi connectivity index (χ3v) is 2.85. The first-order valence-electron chi connectivity index (χ1n) is 6.54. The topological polar surface area (TPSA) is 80.3 Å². The monoisotopic (exact) mass is 283 g/mol. The number of ether oxygens (including phenoxy) is 2. The molecule has 0 atom stereocenters. The lowest BCUT2D eigenvalue weighted by molar-refractivity contribution is 0.340. The zero-order valence-electron chi connectivity index (χ0n) is 12.0. The van der Waals surface area contributed by atoms with Crippen molar-refractivity contribution in [1.82, 2.24) is 0 Å².